The molecule has 0 saturated heterocycles. The van der Waals surface area contributed by atoms with Crippen molar-refractivity contribution in [2.75, 3.05) is 6.61 Å². The molecule has 0 atom stereocenters. The molecule has 1 aliphatic heterocycles. The van der Waals surface area contributed by atoms with Crippen LogP contribution in [0.25, 0.3) is 11.1 Å². The van der Waals surface area contributed by atoms with Gasteiger partial charge in [0.15, 0.2) is 0 Å². The van der Waals surface area contributed by atoms with Gasteiger partial charge in [-0.05, 0) is 29.7 Å². The average molecular weight is 271 g/mol. The molecule has 0 fully saturated rings. The van der Waals surface area contributed by atoms with Gasteiger partial charge in [0.25, 0.3) is 0 Å². The fourth-order valence-corrected chi connectivity index (χ4v) is 2.41. The molecule has 5 heteroatoms. The van der Waals surface area contributed by atoms with E-state index in [4.69, 9.17) is 4.74 Å². The third-order valence-electron chi connectivity index (χ3n) is 3.40. The highest BCUT2D eigenvalue weighted by Crippen LogP contribution is 2.24. The molecule has 0 amide bonds. The van der Waals surface area contributed by atoms with E-state index < -0.39 is 0 Å². The summed E-state index contributed by atoms with van der Waals surface area (Å²) in [5, 5.41) is 7.54. The number of carbonyl (C=O) groups excluding carboxylic acids is 1. The molecule has 2 aromatic rings. The quantitative estimate of drug-likeness (QED) is 0.860. The zero-order valence-electron chi connectivity index (χ0n) is 11.4. The molecule has 20 heavy (non-hydrogen) atoms. The highest BCUT2D eigenvalue weighted by atomic mass is 16.5. The molecule has 0 saturated carbocycles. The number of benzene rings is 1. The Morgan fingerprint density at radius 1 is 1.35 bits per heavy atom. The Bertz CT molecular complexity index is 634. The Morgan fingerprint density at radius 3 is 3.05 bits per heavy atom. The molecular formula is C15H17N3O2. The predicted octanol–water partition coefficient (Wildman–Crippen LogP) is 1.72. The maximum absolute atomic E-state index is 11.4. The number of hydrogen-bond acceptors (Lipinski definition) is 4. The van der Waals surface area contributed by atoms with E-state index in [2.05, 4.69) is 28.6 Å². The fraction of sp³-hybridized carbons (Fsp3) is 0.333. The Balaban J connectivity index is 1.78. The molecule has 1 aromatic carbocycles. The lowest BCUT2D eigenvalue weighted by atomic mass is 10.0. The molecule has 5 nitrogen and oxygen atoms in total. The molecule has 1 aliphatic rings. The third kappa shape index (κ3) is 2.58. The summed E-state index contributed by atoms with van der Waals surface area (Å²) in [5.41, 5.74) is 4.83. The summed E-state index contributed by atoms with van der Waals surface area (Å²) in [4.78, 5) is 11.4. The minimum absolute atomic E-state index is 0.153. The Morgan fingerprint density at radius 2 is 2.20 bits per heavy atom. The number of nitrogens with one attached hydrogen (secondary N) is 1. The third-order valence-corrected chi connectivity index (χ3v) is 3.40. The van der Waals surface area contributed by atoms with E-state index in [0.29, 0.717) is 6.61 Å². The maximum Gasteiger partial charge on any atom is 0.327 e. The van der Waals surface area contributed by atoms with E-state index in [-0.39, 0.29) is 12.5 Å². The van der Waals surface area contributed by atoms with Crippen LogP contribution in [0.2, 0.25) is 0 Å². The number of rotatable bonds is 4. The highest BCUT2D eigenvalue weighted by molar-refractivity contribution is 5.69. The first-order valence-electron chi connectivity index (χ1n) is 6.77. The Labute approximate surface area is 117 Å². The average Bonchev–Trinajstić information content (AvgIpc) is 3.06. The lowest BCUT2D eigenvalue weighted by molar-refractivity contribution is -0.144. The van der Waals surface area contributed by atoms with Crippen LogP contribution in [0.1, 0.15) is 18.1 Å². The van der Waals surface area contributed by atoms with Gasteiger partial charge in [-0.15, -0.1) is 0 Å². The van der Waals surface area contributed by atoms with Crippen LogP contribution in [0.5, 0.6) is 0 Å². The maximum atomic E-state index is 11.4. The van der Waals surface area contributed by atoms with Gasteiger partial charge in [-0.1, -0.05) is 12.1 Å². The van der Waals surface area contributed by atoms with Crippen molar-refractivity contribution < 1.29 is 9.53 Å². The minimum atomic E-state index is -0.264. The van der Waals surface area contributed by atoms with Crippen molar-refractivity contribution >= 4 is 5.97 Å². The lowest BCUT2D eigenvalue weighted by Crippen LogP contribution is -2.13. The molecule has 1 aromatic heterocycles. The van der Waals surface area contributed by atoms with Gasteiger partial charge in [-0.2, -0.15) is 5.10 Å². The van der Waals surface area contributed by atoms with Gasteiger partial charge in [0.05, 0.1) is 12.8 Å². The number of aromatic nitrogens is 2. The first kappa shape index (κ1) is 12.9. The summed E-state index contributed by atoms with van der Waals surface area (Å²) >= 11 is 0. The molecule has 0 spiro atoms. The molecular weight excluding hydrogens is 254 g/mol. The van der Waals surface area contributed by atoms with Gasteiger partial charge < -0.3 is 10.1 Å². The van der Waals surface area contributed by atoms with Crippen molar-refractivity contribution in [3.05, 3.63) is 41.7 Å². The van der Waals surface area contributed by atoms with Crippen LogP contribution in [0.4, 0.5) is 0 Å². The SMILES string of the molecule is CCOC(=O)Cn1cc(-c2ccc3c(c2)CNC3)cn1. The van der Waals surface area contributed by atoms with Gasteiger partial charge in [-0.3, -0.25) is 9.48 Å². The first-order valence-corrected chi connectivity index (χ1v) is 6.77. The van der Waals surface area contributed by atoms with Crippen LogP contribution < -0.4 is 5.32 Å². The van der Waals surface area contributed by atoms with Crippen LogP contribution >= 0.6 is 0 Å². The molecule has 0 bridgehead atoms. The van der Waals surface area contributed by atoms with Crippen molar-refractivity contribution in [1.29, 1.82) is 0 Å². The summed E-state index contributed by atoms with van der Waals surface area (Å²) in [6, 6.07) is 6.42. The normalized spacial score (nSPS) is 13.2. The minimum Gasteiger partial charge on any atom is -0.465 e. The van der Waals surface area contributed by atoms with Crippen LogP contribution in [0.3, 0.4) is 0 Å². The summed E-state index contributed by atoms with van der Waals surface area (Å²) in [5.74, 6) is -0.264. The second-order valence-electron chi connectivity index (χ2n) is 4.82. The van der Waals surface area contributed by atoms with E-state index in [1.54, 1.807) is 17.8 Å². The molecule has 0 radical (unpaired) electrons. The van der Waals surface area contributed by atoms with Crippen molar-refractivity contribution in [3.63, 3.8) is 0 Å². The van der Waals surface area contributed by atoms with Crippen LogP contribution in [-0.4, -0.2) is 22.4 Å². The first-order chi connectivity index (χ1) is 9.76. The van der Waals surface area contributed by atoms with E-state index >= 15 is 0 Å². The van der Waals surface area contributed by atoms with Crippen LogP contribution in [0, 0.1) is 0 Å². The number of fused-ring (bicyclic) bond motifs is 1. The monoisotopic (exact) mass is 271 g/mol. The topological polar surface area (TPSA) is 56.1 Å². The van der Waals surface area contributed by atoms with Crippen molar-refractivity contribution in [2.45, 2.75) is 26.6 Å². The highest BCUT2D eigenvalue weighted by Gasteiger charge is 2.12. The smallest absolute Gasteiger partial charge is 0.327 e. The molecule has 0 unspecified atom stereocenters. The number of hydrogen-bond donors (Lipinski definition) is 1. The van der Waals surface area contributed by atoms with Gasteiger partial charge in [0.2, 0.25) is 0 Å². The van der Waals surface area contributed by atoms with Crippen LogP contribution in [-0.2, 0) is 29.2 Å². The van der Waals surface area contributed by atoms with Gasteiger partial charge in [-0.25, -0.2) is 0 Å². The zero-order chi connectivity index (χ0) is 13.9. The van der Waals surface area contributed by atoms with Crippen molar-refractivity contribution in [1.82, 2.24) is 15.1 Å². The Hall–Kier alpha value is -2.14. The largest absolute Gasteiger partial charge is 0.465 e. The van der Waals surface area contributed by atoms with Crippen molar-refractivity contribution in [3.8, 4) is 11.1 Å². The Kier molecular flexibility index (Phi) is 3.52. The summed E-state index contributed by atoms with van der Waals surface area (Å²) in [6.07, 6.45) is 3.66. The second kappa shape index (κ2) is 5.46. The molecule has 104 valence electrons. The zero-order valence-corrected chi connectivity index (χ0v) is 11.4. The summed E-state index contributed by atoms with van der Waals surface area (Å²) in [6.45, 7) is 4.20. The molecule has 0 aliphatic carbocycles. The molecule has 3 rings (SSSR count). The molecule has 2 heterocycles. The summed E-state index contributed by atoms with van der Waals surface area (Å²) < 4.78 is 6.52. The summed E-state index contributed by atoms with van der Waals surface area (Å²) in [7, 11) is 0. The number of nitrogens with zero attached hydrogens (tertiary/aromatic N) is 2. The number of carbonyl (C=O) groups is 1. The lowest BCUT2D eigenvalue weighted by Gasteiger charge is -2.02. The number of ether oxygens (including phenoxy) is 1. The number of esters is 1. The van der Waals surface area contributed by atoms with E-state index in [1.807, 2.05) is 6.20 Å². The standard InChI is InChI=1S/C15H17N3O2/c1-2-20-15(19)10-18-9-14(8-17-18)11-3-4-12-6-16-7-13(12)5-11/h3-5,8-9,16H,2,6-7,10H2,1H3. The van der Waals surface area contributed by atoms with E-state index in [9.17, 15) is 4.79 Å². The van der Waals surface area contributed by atoms with Gasteiger partial charge >= 0.3 is 5.97 Å². The van der Waals surface area contributed by atoms with E-state index in [1.165, 1.54) is 11.1 Å². The van der Waals surface area contributed by atoms with Gasteiger partial charge in [0.1, 0.15) is 6.54 Å². The predicted molar refractivity (Wildman–Crippen MR) is 74.8 cm³/mol. The molecule has 1 N–H and O–H groups in total. The van der Waals surface area contributed by atoms with Crippen LogP contribution in [0.15, 0.2) is 30.6 Å². The van der Waals surface area contributed by atoms with Gasteiger partial charge in [0, 0.05) is 24.8 Å². The fourth-order valence-electron chi connectivity index (χ4n) is 2.41. The second-order valence-corrected chi connectivity index (χ2v) is 4.82. The van der Waals surface area contributed by atoms with E-state index in [0.717, 1.165) is 24.2 Å². The van der Waals surface area contributed by atoms with Crippen molar-refractivity contribution in [2.24, 2.45) is 0 Å².